The Hall–Kier alpha value is -1.71. The lowest BCUT2D eigenvalue weighted by atomic mass is 9.93. The average molecular weight is 306 g/mol. The molecule has 0 saturated heterocycles. The van der Waals surface area contributed by atoms with Gasteiger partial charge in [0.25, 0.3) is 0 Å². The third kappa shape index (κ3) is 4.66. The maximum atomic E-state index is 9.70. The summed E-state index contributed by atoms with van der Waals surface area (Å²) >= 11 is 5.98. The molecule has 4 heteroatoms. The second-order valence-electron chi connectivity index (χ2n) is 5.52. The second-order valence-corrected chi connectivity index (χ2v) is 5.96. The molecule has 0 bridgehead atoms. The molecule has 0 aliphatic carbocycles. The highest BCUT2D eigenvalue weighted by Gasteiger charge is 2.22. The number of aliphatic hydroxyl groups is 1. The molecule has 1 unspecified atom stereocenters. The summed E-state index contributed by atoms with van der Waals surface area (Å²) in [5, 5.41) is 23.0. The molecular formula is C17H20ClNO2. The van der Waals surface area contributed by atoms with Crippen molar-refractivity contribution in [2.75, 3.05) is 11.9 Å². The summed E-state index contributed by atoms with van der Waals surface area (Å²) < 4.78 is 0. The Bertz CT molecular complexity index is 586. The lowest BCUT2D eigenvalue weighted by Crippen LogP contribution is -2.39. The van der Waals surface area contributed by atoms with Gasteiger partial charge in [-0.3, -0.25) is 0 Å². The van der Waals surface area contributed by atoms with Gasteiger partial charge in [-0.2, -0.15) is 0 Å². The van der Waals surface area contributed by atoms with Gasteiger partial charge in [-0.05, 0) is 55.7 Å². The molecule has 0 heterocycles. The first kappa shape index (κ1) is 15.7. The van der Waals surface area contributed by atoms with Crippen LogP contribution < -0.4 is 5.32 Å². The van der Waals surface area contributed by atoms with Crippen LogP contribution in [0, 0.1) is 0 Å². The molecule has 3 nitrogen and oxygen atoms in total. The van der Waals surface area contributed by atoms with Crippen LogP contribution in [0.3, 0.4) is 0 Å². The molecule has 0 amide bonds. The van der Waals surface area contributed by atoms with Gasteiger partial charge in [0.2, 0.25) is 0 Å². The number of aryl methyl sites for hydroxylation is 1. The minimum Gasteiger partial charge on any atom is -0.508 e. The van der Waals surface area contributed by atoms with Gasteiger partial charge in [0.1, 0.15) is 5.75 Å². The number of phenols is 1. The molecule has 2 rings (SSSR count). The maximum Gasteiger partial charge on any atom is 0.115 e. The highest BCUT2D eigenvalue weighted by atomic mass is 35.5. The van der Waals surface area contributed by atoms with E-state index in [9.17, 15) is 10.2 Å². The van der Waals surface area contributed by atoms with E-state index in [1.165, 1.54) is 0 Å². The Morgan fingerprint density at radius 3 is 2.48 bits per heavy atom. The smallest absolute Gasteiger partial charge is 0.115 e. The number of aliphatic hydroxyl groups excluding tert-OH is 1. The monoisotopic (exact) mass is 305 g/mol. The van der Waals surface area contributed by atoms with Gasteiger partial charge in [0.05, 0.1) is 12.1 Å². The Labute approximate surface area is 130 Å². The van der Waals surface area contributed by atoms with Crippen molar-refractivity contribution in [2.24, 2.45) is 0 Å². The average Bonchev–Trinajstić information content (AvgIpc) is 2.47. The molecule has 0 fully saturated rings. The number of nitrogens with one attached hydrogen (secondary N) is 1. The summed E-state index contributed by atoms with van der Waals surface area (Å²) in [5.41, 5.74) is 1.59. The fourth-order valence-corrected chi connectivity index (χ4v) is 2.37. The molecule has 0 aromatic heterocycles. The Balaban J connectivity index is 2.01. The van der Waals surface area contributed by atoms with Gasteiger partial charge in [0, 0.05) is 10.7 Å². The van der Waals surface area contributed by atoms with Crippen LogP contribution in [0.4, 0.5) is 5.69 Å². The van der Waals surface area contributed by atoms with E-state index in [0.29, 0.717) is 5.02 Å². The molecule has 2 aromatic carbocycles. The van der Waals surface area contributed by atoms with Crippen LogP contribution in [0.25, 0.3) is 0 Å². The quantitative estimate of drug-likeness (QED) is 0.760. The maximum absolute atomic E-state index is 9.70. The van der Waals surface area contributed by atoms with Crippen LogP contribution >= 0.6 is 11.6 Å². The lowest BCUT2D eigenvalue weighted by molar-refractivity contribution is 0.215. The molecule has 0 aliphatic heterocycles. The molecular weight excluding hydrogens is 286 g/mol. The summed E-state index contributed by atoms with van der Waals surface area (Å²) in [7, 11) is 0. The van der Waals surface area contributed by atoms with E-state index in [1.54, 1.807) is 12.1 Å². The van der Waals surface area contributed by atoms with Gasteiger partial charge < -0.3 is 15.5 Å². The number of hydrogen-bond acceptors (Lipinski definition) is 3. The van der Waals surface area contributed by atoms with Crippen molar-refractivity contribution in [2.45, 2.75) is 25.3 Å². The first-order valence-electron chi connectivity index (χ1n) is 6.93. The van der Waals surface area contributed by atoms with Crippen LogP contribution in [0.2, 0.25) is 5.02 Å². The zero-order valence-electron chi connectivity index (χ0n) is 12.0. The molecule has 3 N–H and O–H groups in total. The van der Waals surface area contributed by atoms with Crippen LogP contribution in [0.15, 0.2) is 48.5 Å². The predicted octanol–water partition coefficient (Wildman–Crippen LogP) is 3.84. The van der Waals surface area contributed by atoms with Gasteiger partial charge >= 0.3 is 0 Å². The Kier molecular flexibility index (Phi) is 5.10. The number of hydrogen-bond donors (Lipinski definition) is 3. The summed E-state index contributed by atoms with van der Waals surface area (Å²) in [6.45, 7) is 2.01. The fraction of sp³-hybridized carbons (Fsp3) is 0.294. The third-order valence-corrected chi connectivity index (χ3v) is 3.76. The predicted molar refractivity (Wildman–Crippen MR) is 87.0 cm³/mol. The van der Waals surface area contributed by atoms with Crippen LogP contribution in [0.5, 0.6) is 5.75 Å². The molecule has 112 valence electrons. The van der Waals surface area contributed by atoms with Crippen molar-refractivity contribution in [3.05, 3.63) is 59.1 Å². The van der Waals surface area contributed by atoms with E-state index in [4.69, 9.17) is 11.6 Å². The normalized spacial score (nSPS) is 13.7. The standard InChI is InChI=1S/C17H20ClNO2/c1-17(12-20,19-15-4-2-3-14(18)11-15)10-9-13-5-7-16(21)8-6-13/h2-8,11,19-21H,9-10,12H2,1H3. The van der Waals surface area contributed by atoms with E-state index in [2.05, 4.69) is 5.32 Å². The lowest BCUT2D eigenvalue weighted by Gasteiger charge is -2.30. The zero-order chi connectivity index (χ0) is 15.3. The van der Waals surface area contributed by atoms with Crippen molar-refractivity contribution in [1.82, 2.24) is 0 Å². The van der Waals surface area contributed by atoms with E-state index in [1.807, 2.05) is 43.3 Å². The van der Waals surface area contributed by atoms with Crippen molar-refractivity contribution in [3.63, 3.8) is 0 Å². The second kappa shape index (κ2) is 6.83. The van der Waals surface area contributed by atoms with Crippen molar-refractivity contribution >= 4 is 17.3 Å². The first-order chi connectivity index (χ1) is 10.0. The van der Waals surface area contributed by atoms with Crippen molar-refractivity contribution in [3.8, 4) is 5.75 Å². The molecule has 0 radical (unpaired) electrons. The third-order valence-electron chi connectivity index (χ3n) is 3.52. The minimum absolute atomic E-state index is 0.0254. The highest BCUT2D eigenvalue weighted by Crippen LogP contribution is 2.23. The number of halogens is 1. The van der Waals surface area contributed by atoms with E-state index in [0.717, 1.165) is 24.1 Å². The summed E-state index contributed by atoms with van der Waals surface area (Å²) in [6, 6.07) is 14.6. The van der Waals surface area contributed by atoms with Gasteiger partial charge in [-0.1, -0.05) is 29.8 Å². The molecule has 0 spiro atoms. The summed E-state index contributed by atoms with van der Waals surface area (Å²) in [6.07, 6.45) is 1.58. The largest absolute Gasteiger partial charge is 0.508 e. The number of rotatable bonds is 6. The zero-order valence-corrected chi connectivity index (χ0v) is 12.8. The van der Waals surface area contributed by atoms with Crippen molar-refractivity contribution in [1.29, 1.82) is 0 Å². The Morgan fingerprint density at radius 2 is 1.86 bits per heavy atom. The van der Waals surface area contributed by atoms with Gasteiger partial charge in [-0.25, -0.2) is 0 Å². The van der Waals surface area contributed by atoms with Crippen LogP contribution in [-0.2, 0) is 6.42 Å². The SMILES string of the molecule is CC(CO)(CCc1ccc(O)cc1)Nc1cccc(Cl)c1. The van der Waals surface area contributed by atoms with Crippen molar-refractivity contribution < 1.29 is 10.2 Å². The number of benzene rings is 2. The van der Waals surface area contributed by atoms with E-state index in [-0.39, 0.29) is 12.4 Å². The van der Waals surface area contributed by atoms with Crippen LogP contribution in [-0.4, -0.2) is 22.4 Å². The number of aromatic hydroxyl groups is 1. The van der Waals surface area contributed by atoms with Gasteiger partial charge in [-0.15, -0.1) is 0 Å². The highest BCUT2D eigenvalue weighted by molar-refractivity contribution is 6.30. The molecule has 1 atom stereocenters. The topological polar surface area (TPSA) is 52.5 Å². The summed E-state index contributed by atoms with van der Waals surface area (Å²) in [5.74, 6) is 0.265. The fourth-order valence-electron chi connectivity index (χ4n) is 2.18. The molecule has 2 aromatic rings. The van der Waals surface area contributed by atoms with Gasteiger partial charge in [0.15, 0.2) is 0 Å². The van der Waals surface area contributed by atoms with E-state index < -0.39 is 5.54 Å². The minimum atomic E-state index is -0.428. The summed E-state index contributed by atoms with van der Waals surface area (Å²) in [4.78, 5) is 0. The molecule has 21 heavy (non-hydrogen) atoms. The molecule has 0 aliphatic rings. The van der Waals surface area contributed by atoms with Crippen LogP contribution in [0.1, 0.15) is 18.9 Å². The number of anilines is 1. The number of phenolic OH excluding ortho intramolecular Hbond substituents is 1. The molecule has 0 saturated carbocycles. The Morgan fingerprint density at radius 1 is 1.14 bits per heavy atom. The first-order valence-corrected chi connectivity index (χ1v) is 7.31. The van der Waals surface area contributed by atoms with E-state index >= 15 is 0 Å².